The van der Waals surface area contributed by atoms with Gasteiger partial charge in [0.1, 0.15) is 5.75 Å². The lowest BCUT2D eigenvalue weighted by Gasteiger charge is -2.30. The van der Waals surface area contributed by atoms with Gasteiger partial charge in [0.05, 0.1) is 25.2 Å². The number of phenols is 1. The normalized spacial score (nSPS) is 17.0. The minimum atomic E-state index is -0.205. The van der Waals surface area contributed by atoms with Crippen LogP contribution in [0.25, 0.3) is 11.8 Å². The molecule has 4 nitrogen and oxygen atoms in total. The molecule has 174 valence electrons. The largest absolute Gasteiger partial charge is 0.506 e. The minimum Gasteiger partial charge on any atom is -0.506 e. The van der Waals surface area contributed by atoms with Crippen molar-refractivity contribution < 1.29 is 5.11 Å². The van der Waals surface area contributed by atoms with Crippen molar-refractivity contribution >= 4 is 70.9 Å². The number of thiazole rings is 1. The van der Waals surface area contributed by atoms with Crippen LogP contribution in [0.4, 0.5) is 0 Å². The van der Waals surface area contributed by atoms with Crippen LogP contribution in [0.2, 0.25) is 0 Å². The molecule has 1 N–H and O–H groups in total. The van der Waals surface area contributed by atoms with E-state index in [0.717, 1.165) is 39.7 Å². The summed E-state index contributed by atoms with van der Waals surface area (Å²) in [5.74, 6) is 0.130. The lowest BCUT2D eigenvalue weighted by molar-refractivity contribution is 0.468. The highest BCUT2D eigenvalue weighted by Crippen LogP contribution is 2.41. The number of fused-ring (bicyclic) bond motifs is 3. The van der Waals surface area contributed by atoms with E-state index in [0.29, 0.717) is 18.3 Å². The van der Waals surface area contributed by atoms with Crippen molar-refractivity contribution in [1.29, 1.82) is 0 Å². The van der Waals surface area contributed by atoms with Crippen molar-refractivity contribution in [2.24, 2.45) is 4.99 Å². The number of allylic oxidation sites excluding steroid dienone is 1. The first kappa shape index (κ1) is 23.2. The van der Waals surface area contributed by atoms with Gasteiger partial charge in [-0.3, -0.25) is 9.36 Å². The number of aromatic hydroxyl groups is 1. The first-order valence-electron chi connectivity index (χ1n) is 11.0. The van der Waals surface area contributed by atoms with E-state index in [1.54, 1.807) is 12.1 Å². The molecule has 0 spiro atoms. The molecule has 0 radical (unpaired) electrons. The molecule has 8 heteroatoms. The highest BCUT2D eigenvalue weighted by molar-refractivity contribution is 9.11. The molecule has 2 aliphatic rings. The van der Waals surface area contributed by atoms with Gasteiger partial charge in [-0.25, -0.2) is 4.99 Å². The molecule has 0 saturated heterocycles. The molecule has 1 atom stereocenters. The summed E-state index contributed by atoms with van der Waals surface area (Å²) in [6.45, 7) is 0. The highest BCUT2D eigenvalue weighted by atomic mass is 79.9. The number of aryl methyl sites for hydroxylation is 1. The Morgan fingerprint density at radius 2 is 1.71 bits per heavy atom. The van der Waals surface area contributed by atoms with Crippen molar-refractivity contribution in [2.45, 2.75) is 18.9 Å². The zero-order chi connectivity index (χ0) is 24.3. The third kappa shape index (κ3) is 4.00. The zero-order valence-electron chi connectivity index (χ0n) is 18.1. The number of hydrogen-bond acceptors (Lipinski definition) is 4. The molecular weight excluding hydrogens is 656 g/mol. The van der Waals surface area contributed by atoms with E-state index in [1.165, 1.54) is 22.5 Å². The molecule has 1 aromatic heterocycles. The summed E-state index contributed by atoms with van der Waals surface area (Å²) in [7, 11) is 0. The van der Waals surface area contributed by atoms with Crippen LogP contribution < -0.4 is 14.9 Å². The summed E-state index contributed by atoms with van der Waals surface area (Å²) >= 11 is 11.7. The van der Waals surface area contributed by atoms with Crippen LogP contribution >= 0.6 is 59.1 Å². The van der Waals surface area contributed by atoms with Crippen LogP contribution in [0.1, 0.15) is 34.7 Å². The molecule has 35 heavy (non-hydrogen) atoms. The molecule has 2 heterocycles. The number of nitrogens with zero attached hydrogens (tertiary/aromatic N) is 2. The predicted octanol–water partition coefficient (Wildman–Crippen LogP) is 6.31. The number of phenolic OH excluding ortho intramolecular Hbond substituents is 1. The molecule has 0 fully saturated rings. The summed E-state index contributed by atoms with van der Waals surface area (Å²) in [5.41, 5.74) is 6.43. The average Bonchev–Trinajstić information content (AvgIpc) is 3.16. The van der Waals surface area contributed by atoms with Gasteiger partial charge in [-0.1, -0.05) is 63.7 Å². The molecule has 3 aromatic carbocycles. The predicted molar refractivity (Wildman–Crippen MR) is 150 cm³/mol. The number of benzene rings is 3. The van der Waals surface area contributed by atoms with Crippen LogP contribution in [0.5, 0.6) is 5.75 Å². The first-order chi connectivity index (χ1) is 16.9. The third-order valence-corrected chi connectivity index (χ3v) is 9.12. The second-order valence-corrected chi connectivity index (χ2v) is 12.1. The maximum absolute atomic E-state index is 13.8. The van der Waals surface area contributed by atoms with Crippen molar-refractivity contribution in [3.8, 4) is 5.75 Å². The molecule has 0 bridgehead atoms. The van der Waals surface area contributed by atoms with Gasteiger partial charge in [0.15, 0.2) is 4.80 Å². The van der Waals surface area contributed by atoms with Gasteiger partial charge < -0.3 is 5.11 Å². The molecule has 6 rings (SSSR count). The van der Waals surface area contributed by atoms with E-state index in [9.17, 15) is 9.90 Å². The molecule has 1 aliphatic carbocycles. The zero-order valence-corrected chi connectivity index (χ0v) is 23.7. The Morgan fingerprint density at radius 1 is 1.00 bits per heavy atom. The Balaban J connectivity index is 1.62. The Kier molecular flexibility index (Phi) is 5.95. The molecule has 0 amide bonds. The first-order valence-corrected chi connectivity index (χ1v) is 14.2. The summed E-state index contributed by atoms with van der Waals surface area (Å²) < 4.78 is 4.57. The van der Waals surface area contributed by atoms with Crippen molar-refractivity contribution in [1.82, 2.24) is 4.57 Å². The van der Waals surface area contributed by atoms with Crippen LogP contribution in [0.3, 0.4) is 0 Å². The number of halogens is 3. The SMILES string of the molecule is O=c1/c(=C/c2cc(Br)c(O)c(Br)c2)sc2n1[C@@H](c1ccc(Br)cc1)C1=C(N=2)c2ccccc2CC1. The third-order valence-electron chi connectivity index (χ3n) is 6.40. The van der Waals surface area contributed by atoms with Crippen LogP contribution in [0.15, 0.2) is 89.4 Å². The Labute approximate surface area is 230 Å². The van der Waals surface area contributed by atoms with Crippen LogP contribution in [-0.4, -0.2) is 9.67 Å². The van der Waals surface area contributed by atoms with Gasteiger partial charge >= 0.3 is 0 Å². The fraction of sp³-hybridized carbons (Fsp3) is 0.111. The van der Waals surface area contributed by atoms with Gasteiger partial charge in [0.2, 0.25) is 0 Å². The van der Waals surface area contributed by atoms with E-state index < -0.39 is 0 Å². The van der Waals surface area contributed by atoms with Crippen molar-refractivity contribution in [3.05, 3.63) is 122 Å². The number of aromatic nitrogens is 1. The summed E-state index contributed by atoms with van der Waals surface area (Å²) in [4.78, 5) is 19.5. The summed E-state index contributed by atoms with van der Waals surface area (Å²) in [5, 5.41) is 10.1. The van der Waals surface area contributed by atoms with Gasteiger partial charge in [-0.15, -0.1) is 0 Å². The Morgan fingerprint density at radius 3 is 2.46 bits per heavy atom. The Hall–Kier alpha value is -2.26. The Bertz CT molecular complexity index is 1700. The van der Waals surface area contributed by atoms with Gasteiger partial charge in [-0.05, 0) is 97.3 Å². The molecule has 1 aliphatic heterocycles. The topological polar surface area (TPSA) is 54.6 Å². The highest BCUT2D eigenvalue weighted by Gasteiger charge is 2.32. The van der Waals surface area contributed by atoms with E-state index in [1.807, 2.05) is 22.8 Å². The monoisotopic (exact) mass is 670 g/mol. The van der Waals surface area contributed by atoms with E-state index in [-0.39, 0.29) is 17.4 Å². The molecule has 4 aromatic rings. The lowest BCUT2D eigenvalue weighted by Crippen LogP contribution is -2.38. The molecular formula is C27H17Br3N2O2S. The van der Waals surface area contributed by atoms with Gasteiger partial charge in [-0.2, -0.15) is 0 Å². The quantitative estimate of drug-likeness (QED) is 0.271. The standard InChI is InChI=1S/C27H17Br3N2O2S/c28-17-8-5-16(6-9-17)24-19-10-7-15-3-1-2-4-18(15)23(19)31-27-32(24)26(34)22(35-27)13-14-11-20(29)25(33)21(30)12-14/h1-6,8-9,11-13,24,33H,7,10H2/b22-13-/t24-/m0/s1. The van der Waals surface area contributed by atoms with E-state index >= 15 is 0 Å². The number of hydrogen-bond donors (Lipinski definition) is 1. The van der Waals surface area contributed by atoms with E-state index in [2.05, 4.69) is 84.2 Å². The van der Waals surface area contributed by atoms with Crippen LogP contribution in [0, 0.1) is 0 Å². The number of rotatable bonds is 2. The molecule has 0 saturated carbocycles. The maximum atomic E-state index is 13.8. The smallest absolute Gasteiger partial charge is 0.271 e. The summed E-state index contributed by atoms with van der Waals surface area (Å²) in [6, 6.07) is 20.0. The second-order valence-electron chi connectivity index (χ2n) is 8.50. The van der Waals surface area contributed by atoms with Crippen LogP contribution in [-0.2, 0) is 6.42 Å². The second kappa shape index (κ2) is 9.00. The molecule has 0 unspecified atom stereocenters. The fourth-order valence-electron chi connectivity index (χ4n) is 4.79. The van der Waals surface area contributed by atoms with Crippen molar-refractivity contribution in [2.75, 3.05) is 0 Å². The fourth-order valence-corrected chi connectivity index (χ4v) is 7.27. The minimum absolute atomic E-state index is 0.0626. The average molecular weight is 673 g/mol. The van der Waals surface area contributed by atoms with Crippen molar-refractivity contribution in [3.63, 3.8) is 0 Å². The van der Waals surface area contributed by atoms with E-state index in [4.69, 9.17) is 4.99 Å². The van der Waals surface area contributed by atoms with Gasteiger partial charge in [0.25, 0.3) is 5.56 Å². The summed E-state index contributed by atoms with van der Waals surface area (Å²) in [6.07, 6.45) is 3.64. The maximum Gasteiger partial charge on any atom is 0.271 e. The van der Waals surface area contributed by atoms with Gasteiger partial charge in [0, 0.05) is 10.0 Å². The lowest BCUT2D eigenvalue weighted by atomic mass is 9.83.